The lowest BCUT2D eigenvalue weighted by Crippen LogP contribution is -3.15. The number of fused-ring (bicyclic) bond motifs is 3. The van der Waals surface area contributed by atoms with Crippen LogP contribution in [-0.4, -0.2) is 26.7 Å². The summed E-state index contributed by atoms with van der Waals surface area (Å²) >= 11 is 0. The summed E-state index contributed by atoms with van der Waals surface area (Å²) in [6, 6.07) is 8.39. The molecule has 3 heterocycles. The number of piperidine rings is 3. The molecule has 0 unspecified atom stereocenters. The van der Waals surface area contributed by atoms with Crippen molar-refractivity contribution in [2.24, 2.45) is 5.92 Å². The van der Waals surface area contributed by atoms with Gasteiger partial charge in [0.15, 0.2) is 0 Å². The van der Waals surface area contributed by atoms with Gasteiger partial charge in [0.2, 0.25) is 0 Å². The first-order chi connectivity index (χ1) is 8.35. The van der Waals surface area contributed by atoms with Crippen LogP contribution >= 0.6 is 0 Å². The molecule has 1 N–H and O–H groups in total. The molecule has 2 heteroatoms. The smallest absolute Gasteiger partial charge is 0.118 e. The van der Waals surface area contributed by atoms with Crippen molar-refractivity contribution in [3.05, 3.63) is 35.4 Å². The zero-order valence-corrected chi connectivity index (χ0v) is 10.4. The molecule has 0 amide bonds. The Bertz CT molecular complexity index is 413. The monoisotopic (exact) mass is 230 g/mol. The lowest BCUT2D eigenvalue weighted by molar-refractivity contribution is -0.908. The summed E-state index contributed by atoms with van der Waals surface area (Å²) in [5.74, 6) is 1.79. The number of ether oxygens (including phenoxy) is 1. The molecule has 3 fully saturated rings. The molecule has 0 spiro atoms. The number of benzene rings is 1. The van der Waals surface area contributed by atoms with E-state index >= 15 is 0 Å². The number of hydrogen-bond donors (Lipinski definition) is 1. The van der Waals surface area contributed by atoms with E-state index in [1.807, 2.05) is 12.1 Å². The Morgan fingerprint density at radius 2 is 1.88 bits per heavy atom. The number of rotatable bonds is 2. The van der Waals surface area contributed by atoms with Crippen molar-refractivity contribution < 1.29 is 9.64 Å². The minimum absolute atomic E-state index is 0.856. The van der Waals surface area contributed by atoms with Gasteiger partial charge in [0.05, 0.1) is 26.7 Å². The lowest BCUT2D eigenvalue weighted by atomic mass is 9.83. The van der Waals surface area contributed by atoms with Crippen LogP contribution in [-0.2, 0) is 0 Å². The van der Waals surface area contributed by atoms with Crippen molar-refractivity contribution in [2.45, 2.75) is 12.8 Å². The van der Waals surface area contributed by atoms with Crippen LogP contribution in [0.15, 0.2) is 29.8 Å². The molecule has 3 saturated heterocycles. The van der Waals surface area contributed by atoms with Crippen LogP contribution in [0.25, 0.3) is 6.08 Å². The van der Waals surface area contributed by atoms with Crippen LogP contribution in [0.1, 0.15) is 18.4 Å². The first-order valence-corrected chi connectivity index (χ1v) is 6.53. The third kappa shape index (κ3) is 2.22. The first kappa shape index (κ1) is 10.8. The van der Waals surface area contributed by atoms with E-state index in [9.17, 15) is 0 Å². The van der Waals surface area contributed by atoms with Gasteiger partial charge >= 0.3 is 0 Å². The fraction of sp³-hybridized carbons (Fsp3) is 0.467. The van der Waals surface area contributed by atoms with Gasteiger partial charge in [-0.15, -0.1) is 0 Å². The molecule has 0 saturated carbocycles. The van der Waals surface area contributed by atoms with Gasteiger partial charge in [0.1, 0.15) is 5.75 Å². The Hall–Kier alpha value is -1.28. The van der Waals surface area contributed by atoms with Crippen LogP contribution in [0.4, 0.5) is 0 Å². The van der Waals surface area contributed by atoms with Crippen molar-refractivity contribution in [1.29, 1.82) is 0 Å². The molecule has 1 aromatic rings. The molecule has 0 radical (unpaired) electrons. The van der Waals surface area contributed by atoms with Crippen LogP contribution in [0.2, 0.25) is 0 Å². The molecule has 1 aromatic carbocycles. The summed E-state index contributed by atoms with van der Waals surface area (Å²) in [6.45, 7) is 4.02. The van der Waals surface area contributed by atoms with E-state index < -0.39 is 0 Å². The van der Waals surface area contributed by atoms with Crippen LogP contribution in [0.3, 0.4) is 0 Å². The average molecular weight is 230 g/mol. The van der Waals surface area contributed by atoms with E-state index in [-0.39, 0.29) is 0 Å². The summed E-state index contributed by atoms with van der Waals surface area (Å²) < 4.78 is 5.18. The zero-order chi connectivity index (χ0) is 11.7. The van der Waals surface area contributed by atoms with Crippen molar-refractivity contribution in [3.63, 3.8) is 0 Å². The maximum absolute atomic E-state index is 5.18. The van der Waals surface area contributed by atoms with Gasteiger partial charge in [-0.2, -0.15) is 0 Å². The second kappa shape index (κ2) is 4.53. The molecule has 3 aliphatic rings. The van der Waals surface area contributed by atoms with Crippen LogP contribution in [0, 0.1) is 5.92 Å². The van der Waals surface area contributed by atoms with E-state index in [2.05, 4.69) is 18.2 Å². The van der Waals surface area contributed by atoms with Crippen LogP contribution in [0.5, 0.6) is 5.75 Å². The molecule has 0 atom stereocenters. The molecule has 17 heavy (non-hydrogen) atoms. The maximum Gasteiger partial charge on any atom is 0.118 e. The Labute approximate surface area is 103 Å². The van der Waals surface area contributed by atoms with Gasteiger partial charge < -0.3 is 9.64 Å². The van der Waals surface area contributed by atoms with Crippen molar-refractivity contribution in [3.8, 4) is 5.75 Å². The fourth-order valence-corrected chi connectivity index (χ4v) is 3.09. The highest BCUT2D eigenvalue weighted by Gasteiger charge is 2.32. The van der Waals surface area contributed by atoms with Gasteiger partial charge in [-0.05, 0) is 35.3 Å². The fourth-order valence-electron chi connectivity index (χ4n) is 3.09. The minimum Gasteiger partial charge on any atom is -0.497 e. The van der Waals surface area contributed by atoms with Gasteiger partial charge in [0, 0.05) is 12.8 Å². The summed E-state index contributed by atoms with van der Waals surface area (Å²) in [7, 11) is 1.71. The molecule has 2 nitrogen and oxygen atoms in total. The normalized spacial score (nSPS) is 29.6. The Morgan fingerprint density at radius 3 is 2.41 bits per heavy atom. The number of quaternary nitrogens is 1. The van der Waals surface area contributed by atoms with Gasteiger partial charge in [0.25, 0.3) is 0 Å². The molecular weight excluding hydrogens is 210 g/mol. The molecule has 3 aliphatic heterocycles. The number of nitrogens with one attached hydrogen (secondary N) is 1. The maximum atomic E-state index is 5.18. The van der Waals surface area contributed by atoms with E-state index in [4.69, 9.17) is 4.74 Å². The Balaban J connectivity index is 1.80. The van der Waals surface area contributed by atoms with Crippen molar-refractivity contribution >= 4 is 6.08 Å². The molecular formula is C15H20NO+. The minimum atomic E-state index is 0.856. The predicted molar refractivity (Wildman–Crippen MR) is 69.3 cm³/mol. The van der Waals surface area contributed by atoms with E-state index in [1.54, 1.807) is 17.6 Å². The molecule has 2 bridgehead atoms. The molecule has 90 valence electrons. The first-order valence-electron chi connectivity index (χ1n) is 6.53. The second-order valence-electron chi connectivity index (χ2n) is 5.19. The molecule has 0 aliphatic carbocycles. The summed E-state index contributed by atoms with van der Waals surface area (Å²) in [4.78, 5) is 1.77. The summed E-state index contributed by atoms with van der Waals surface area (Å²) in [5, 5.41) is 0. The standard InChI is InChI=1S/C15H19NO/c1-17-15-4-2-12(3-5-15)10-14-11-16-8-6-13(14)7-9-16/h2-5,10,13H,6-9,11H2,1H3/p+1/b14-10-. The summed E-state index contributed by atoms with van der Waals surface area (Å²) in [6.07, 6.45) is 5.16. The van der Waals surface area contributed by atoms with E-state index in [0.717, 1.165) is 11.7 Å². The average Bonchev–Trinajstić information content (AvgIpc) is 2.41. The largest absolute Gasteiger partial charge is 0.497 e. The third-order valence-electron chi connectivity index (χ3n) is 4.14. The SMILES string of the molecule is COc1ccc(/C=C2/C[NH+]3CCC2CC3)cc1. The highest BCUT2D eigenvalue weighted by molar-refractivity contribution is 5.55. The highest BCUT2D eigenvalue weighted by Crippen LogP contribution is 2.25. The number of hydrogen-bond acceptors (Lipinski definition) is 1. The predicted octanol–water partition coefficient (Wildman–Crippen LogP) is 1.39. The lowest BCUT2D eigenvalue weighted by Gasteiger charge is -2.38. The quantitative estimate of drug-likeness (QED) is 0.810. The van der Waals surface area contributed by atoms with Crippen LogP contribution < -0.4 is 9.64 Å². The molecule has 0 aromatic heterocycles. The van der Waals surface area contributed by atoms with Crippen molar-refractivity contribution in [2.75, 3.05) is 26.7 Å². The van der Waals surface area contributed by atoms with Gasteiger partial charge in [-0.25, -0.2) is 0 Å². The topological polar surface area (TPSA) is 13.7 Å². The second-order valence-corrected chi connectivity index (χ2v) is 5.19. The summed E-state index contributed by atoms with van der Waals surface area (Å²) in [5.41, 5.74) is 2.97. The Morgan fingerprint density at radius 1 is 1.18 bits per heavy atom. The third-order valence-corrected chi connectivity index (χ3v) is 4.14. The van der Waals surface area contributed by atoms with E-state index in [0.29, 0.717) is 0 Å². The molecule has 4 rings (SSSR count). The Kier molecular flexibility index (Phi) is 2.89. The van der Waals surface area contributed by atoms with Crippen molar-refractivity contribution in [1.82, 2.24) is 0 Å². The number of methoxy groups -OCH3 is 1. The van der Waals surface area contributed by atoms with E-state index in [1.165, 1.54) is 38.0 Å². The van der Waals surface area contributed by atoms with Gasteiger partial charge in [-0.3, -0.25) is 0 Å². The van der Waals surface area contributed by atoms with Gasteiger partial charge in [-0.1, -0.05) is 12.1 Å². The highest BCUT2D eigenvalue weighted by atomic mass is 16.5. The zero-order valence-electron chi connectivity index (χ0n) is 10.4.